The topological polar surface area (TPSA) is 89.0 Å². The van der Waals surface area contributed by atoms with Gasteiger partial charge in [0, 0.05) is 23.4 Å². The fraction of sp³-hybridized carbons (Fsp3) is 0.526. The van der Waals surface area contributed by atoms with Gasteiger partial charge in [0.15, 0.2) is 11.5 Å². The highest BCUT2D eigenvalue weighted by molar-refractivity contribution is 6.05. The summed E-state index contributed by atoms with van der Waals surface area (Å²) in [5.41, 5.74) is 3.79. The Bertz CT molecular complexity index is 696. The molecule has 2 aliphatic rings. The molecule has 1 fully saturated rings. The number of amides is 2. The van der Waals surface area contributed by atoms with E-state index in [1.807, 2.05) is 0 Å². The minimum absolute atomic E-state index is 0.0451. The van der Waals surface area contributed by atoms with E-state index in [1.54, 1.807) is 25.1 Å². The molecule has 0 bridgehead atoms. The highest BCUT2D eigenvalue weighted by Gasteiger charge is 2.20. The number of carbonyl (C=O) groups is 2. The summed E-state index contributed by atoms with van der Waals surface area (Å²) in [6.45, 7) is 2.75. The molecular weight excluding hydrogens is 334 g/mol. The van der Waals surface area contributed by atoms with Gasteiger partial charge in [-0.1, -0.05) is 19.3 Å². The number of anilines is 1. The van der Waals surface area contributed by atoms with Crippen molar-refractivity contribution in [2.75, 3.05) is 18.5 Å². The molecule has 1 aliphatic carbocycles. The third-order valence-corrected chi connectivity index (χ3v) is 4.58. The lowest BCUT2D eigenvalue weighted by atomic mass is 9.89. The van der Waals surface area contributed by atoms with Gasteiger partial charge in [-0.2, -0.15) is 5.10 Å². The predicted molar refractivity (Wildman–Crippen MR) is 98.5 cm³/mol. The van der Waals surface area contributed by atoms with Crippen molar-refractivity contribution in [3.05, 3.63) is 18.2 Å². The van der Waals surface area contributed by atoms with Gasteiger partial charge in [-0.3, -0.25) is 9.59 Å². The van der Waals surface area contributed by atoms with E-state index in [2.05, 4.69) is 15.8 Å². The molecule has 140 valence electrons. The number of nitrogens with one attached hydrogen (secondary N) is 2. The lowest BCUT2D eigenvalue weighted by molar-refractivity contribution is -0.126. The Kier molecular flexibility index (Phi) is 6.09. The normalized spacial score (nSPS) is 17.5. The number of hydrazone groups is 1. The number of hydrogen-bond donors (Lipinski definition) is 2. The first kappa shape index (κ1) is 18.2. The third-order valence-electron chi connectivity index (χ3n) is 4.58. The van der Waals surface area contributed by atoms with Gasteiger partial charge in [0.25, 0.3) is 0 Å². The molecule has 2 N–H and O–H groups in total. The maximum Gasteiger partial charge on any atom is 0.243 e. The van der Waals surface area contributed by atoms with E-state index in [0.717, 1.165) is 25.7 Å². The largest absolute Gasteiger partial charge is 0.486 e. The Morgan fingerprint density at radius 2 is 1.85 bits per heavy atom. The second-order valence-electron chi connectivity index (χ2n) is 6.74. The molecule has 0 radical (unpaired) electrons. The second kappa shape index (κ2) is 8.69. The van der Waals surface area contributed by atoms with Gasteiger partial charge in [-0.05, 0) is 31.9 Å². The fourth-order valence-corrected chi connectivity index (χ4v) is 3.20. The molecule has 26 heavy (non-hydrogen) atoms. The Labute approximate surface area is 153 Å². The zero-order valence-electron chi connectivity index (χ0n) is 15.0. The second-order valence-corrected chi connectivity index (χ2v) is 6.74. The van der Waals surface area contributed by atoms with E-state index < -0.39 is 0 Å². The maximum atomic E-state index is 12.2. The molecule has 0 spiro atoms. The number of ether oxygens (including phenoxy) is 2. The highest BCUT2D eigenvalue weighted by Crippen LogP contribution is 2.32. The summed E-state index contributed by atoms with van der Waals surface area (Å²) in [6, 6.07) is 5.28. The summed E-state index contributed by atoms with van der Waals surface area (Å²) < 4.78 is 11.0. The summed E-state index contributed by atoms with van der Waals surface area (Å²) in [4.78, 5) is 24.2. The molecule has 7 heteroatoms. The Morgan fingerprint density at radius 3 is 2.62 bits per heavy atom. The van der Waals surface area contributed by atoms with Crippen LogP contribution >= 0.6 is 0 Å². The van der Waals surface area contributed by atoms with Crippen LogP contribution in [0.3, 0.4) is 0 Å². The van der Waals surface area contributed by atoms with Gasteiger partial charge in [0.1, 0.15) is 13.2 Å². The van der Waals surface area contributed by atoms with Crippen LogP contribution in [0.2, 0.25) is 0 Å². The van der Waals surface area contributed by atoms with Crippen LogP contribution in [0.4, 0.5) is 5.69 Å². The van der Waals surface area contributed by atoms with Crippen molar-refractivity contribution in [3.8, 4) is 11.5 Å². The average molecular weight is 359 g/mol. The maximum absolute atomic E-state index is 12.2. The lowest BCUT2D eigenvalue weighted by Gasteiger charge is -2.19. The Morgan fingerprint density at radius 1 is 1.12 bits per heavy atom. The van der Waals surface area contributed by atoms with Crippen molar-refractivity contribution in [2.24, 2.45) is 11.0 Å². The molecule has 0 atom stereocenters. The number of hydrogen-bond acceptors (Lipinski definition) is 5. The van der Waals surface area contributed by atoms with Crippen LogP contribution in [0, 0.1) is 5.92 Å². The predicted octanol–water partition coefficient (Wildman–Crippen LogP) is 2.86. The third kappa shape index (κ3) is 4.97. The monoisotopic (exact) mass is 359 g/mol. The van der Waals surface area contributed by atoms with Gasteiger partial charge in [0.2, 0.25) is 11.8 Å². The van der Waals surface area contributed by atoms with Crippen LogP contribution in [0.15, 0.2) is 23.3 Å². The average Bonchev–Trinajstić information content (AvgIpc) is 2.66. The molecule has 2 amide bonds. The van der Waals surface area contributed by atoms with Crippen molar-refractivity contribution in [3.63, 3.8) is 0 Å². The number of fused-ring (bicyclic) bond motifs is 1. The van der Waals surface area contributed by atoms with Gasteiger partial charge in [0.05, 0.1) is 6.42 Å². The minimum Gasteiger partial charge on any atom is -0.486 e. The van der Waals surface area contributed by atoms with E-state index in [1.165, 1.54) is 6.42 Å². The molecule has 1 aliphatic heterocycles. The molecule has 1 aromatic rings. The standard InChI is InChI=1S/C19H25N3O4/c1-13(21-22-19(24)14-5-3-2-4-6-14)11-18(23)20-15-7-8-16-17(12-15)26-10-9-25-16/h7-8,12,14H,2-6,9-11H2,1H3,(H,20,23)(H,22,24)/b21-13+. The molecule has 0 aromatic heterocycles. The lowest BCUT2D eigenvalue weighted by Crippen LogP contribution is -2.29. The van der Waals surface area contributed by atoms with Crippen LogP contribution in [0.1, 0.15) is 45.4 Å². The van der Waals surface area contributed by atoms with Crippen LogP contribution in [-0.2, 0) is 9.59 Å². The number of carbonyl (C=O) groups excluding carboxylic acids is 2. The molecular formula is C19H25N3O4. The Balaban J connectivity index is 1.48. The molecule has 1 heterocycles. The van der Waals surface area contributed by atoms with Gasteiger partial charge >= 0.3 is 0 Å². The van der Waals surface area contributed by atoms with Gasteiger partial charge in [-0.25, -0.2) is 5.43 Å². The first-order chi connectivity index (χ1) is 12.6. The molecule has 3 rings (SSSR count). The van der Waals surface area contributed by atoms with Crippen molar-refractivity contribution in [1.29, 1.82) is 0 Å². The summed E-state index contributed by atoms with van der Waals surface area (Å²) in [5, 5.41) is 6.87. The van der Waals surface area contributed by atoms with Crippen LogP contribution in [-0.4, -0.2) is 30.7 Å². The summed E-state index contributed by atoms with van der Waals surface area (Å²) in [6.07, 6.45) is 5.35. The van der Waals surface area contributed by atoms with E-state index in [0.29, 0.717) is 36.1 Å². The first-order valence-corrected chi connectivity index (χ1v) is 9.14. The summed E-state index contributed by atoms with van der Waals surface area (Å²) in [7, 11) is 0. The van der Waals surface area contributed by atoms with Gasteiger partial charge in [-0.15, -0.1) is 0 Å². The molecule has 1 saturated carbocycles. The molecule has 0 unspecified atom stereocenters. The summed E-state index contributed by atoms with van der Waals surface area (Å²) in [5.74, 6) is 1.11. The van der Waals surface area contributed by atoms with Crippen molar-refractivity contribution in [2.45, 2.75) is 45.4 Å². The van der Waals surface area contributed by atoms with Crippen molar-refractivity contribution in [1.82, 2.24) is 5.43 Å². The SMILES string of the molecule is C/C(CC(=O)Nc1ccc2c(c1)OCCO2)=N\NC(=O)C1CCCCC1. The minimum atomic E-state index is -0.199. The van der Waals surface area contributed by atoms with Crippen LogP contribution in [0.25, 0.3) is 0 Å². The quantitative estimate of drug-likeness (QED) is 0.625. The number of rotatable bonds is 5. The molecule has 7 nitrogen and oxygen atoms in total. The number of benzene rings is 1. The van der Waals surface area contributed by atoms with Crippen molar-refractivity contribution < 1.29 is 19.1 Å². The van der Waals surface area contributed by atoms with Gasteiger partial charge < -0.3 is 14.8 Å². The first-order valence-electron chi connectivity index (χ1n) is 9.14. The van der Waals surface area contributed by atoms with E-state index in [4.69, 9.17) is 9.47 Å². The zero-order chi connectivity index (χ0) is 18.4. The zero-order valence-corrected chi connectivity index (χ0v) is 15.0. The highest BCUT2D eigenvalue weighted by atomic mass is 16.6. The van der Waals surface area contributed by atoms with E-state index in [-0.39, 0.29) is 24.2 Å². The van der Waals surface area contributed by atoms with Crippen molar-refractivity contribution >= 4 is 23.2 Å². The summed E-state index contributed by atoms with van der Waals surface area (Å²) >= 11 is 0. The Hall–Kier alpha value is -2.57. The number of nitrogens with zero attached hydrogens (tertiary/aromatic N) is 1. The van der Waals surface area contributed by atoms with Crippen LogP contribution < -0.4 is 20.2 Å². The molecule has 1 aromatic carbocycles. The molecule has 0 saturated heterocycles. The fourth-order valence-electron chi connectivity index (χ4n) is 3.20. The van der Waals surface area contributed by atoms with E-state index >= 15 is 0 Å². The van der Waals surface area contributed by atoms with Crippen LogP contribution in [0.5, 0.6) is 11.5 Å². The smallest absolute Gasteiger partial charge is 0.243 e. The van der Waals surface area contributed by atoms with E-state index in [9.17, 15) is 9.59 Å².